The molecule has 0 radical (unpaired) electrons. The number of hydrogen-bond acceptors (Lipinski definition) is 5. The quantitative estimate of drug-likeness (QED) is 0.455. The van der Waals surface area contributed by atoms with Crippen LogP contribution in [0.15, 0.2) is 24.3 Å². The minimum Gasteiger partial charge on any atom is -0.488 e. The summed E-state index contributed by atoms with van der Waals surface area (Å²) in [4.78, 5) is 38.0. The van der Waals surface area contributed by atoms with Crippen LogP contribution in [0.3, 0.4) is 0 Å². The fraction of sp³-hybridized carbons (Fsp3) is 0.526. The highest BCUT2D eigenvalue weighted by Gasteiger charge is 2.55. The molecule has 1 saturated heterocycles. The van der Waals surface area contributed by atoms with E-state index in [-0.39, 0.29) is 25.0 Å². The molecule has 146 valence electrons. The lowest BCUT2D eigenvalue weighted by molar-refractivity contribution is -0.149. The van der Waals surface area contributed by atoms with Gasteiger partial charge in [-0.25, -0.2) is 4.79 Å². The summed E-state index contributed by atoms with van der Waals surface area (Å²) in [5.41, 5.74) is -0.872. The molecule has 3 rings (SSSR count). The van der Waals surface area contributed by atoms with Crippen LogP contribution >= 0.6 is 11.6 Å². The minimum atomic E-state index is -0.872. The Morgan fingerprint density at radius 1 is 1.30 bits per heavy atom. The predicted octanol–water partition coefficient (Wildman–Crippen LogP) is 2.76. The summed E-state index contributed by atoms with van der Waals surface area (Å²) in [6, 6.07) is 6.45. The second-order valence-electron chi connectivity index (χ2n) is 6.94. The van der Waals surface area contributed by atoms with E-state index >= 15 is 0 Å². The Labute approximate surface area is 162 Å². The number of urea groups is 1. The summed E-state index contributed by atoms with van der Waals surface area (Å²) in [6.45, 7) is 1.68. The predicted molar refractivity (Wildman–Crippen MR) is 98.5 cm³/mol. The number of para-hydroxylation sites is 1. The summed E-state index contributed by atoms with van der Waals surface area (Å²) < 4.78 is 10.5. The molecule has 0 unspecified atom stereocenters. The van der Waals surface area contributed by atoms with Crippen molar-refractivity contribution in [2.75, 3.05) is 19.8 Å². The Hall–Kier alpha value is -2.28. The number of imide groups is 1. The topological polar surface area (TPSA) is 84.9 Å². The number of carbonyl (C=O) groups is 3. The van der Waals surface area contributed by atoms with Gasteiger partial charge in [0.25, 0.3) is 5.91 Å². The minimum absolute atomic E-state index is 0.00471. The number of nitrogens with one attached hydrogen (secondary N) is 1. The van der Waals surface area contributed by atoms with Gasteiger partial charge in [0, 0.05) is 0 Å². The fourth-order valence-electron chi connectivity index (χ4n) is 3.68. The van der Waals surface area contributed by atoms with Crippen molar-refractivity contribution >= 4 is 29.5 Å². The van der Waals surface area contributed by atoms with Crippen molar-refractivity contribution in [1.82, 2.24) is 10.2 Å². The highest BCUT2D eigenvalue weighted by molar-refractivity contribution is 6.32. The van der Waals surface area contributed by atoms with Crippen molar-refractivity contribution in [3.8, 4) is 5.75 Å². The molecule has 2 atom stereocenters. The summed E-state index contributed by atoms with van der Waals surface area (Å²) in [5.74, 6) is -0.434. The third-order valence-electron chi connectivity index (χ3n) is 5.23. The van der Waals surface area contributed by atoms with Gasteiger partial charge in [-0.3, -0.25) is 14.5 Å². The van der Waals surface area contributed by atoms with Gasteiger partial charge in [-0.15, -0.1) is 0 Å². The average Bonchev–Trinajstić information content (AvgIpc) is 2.88. The number of hydrogen-bond donors (Lipinski definition) is 1. The van der Waals surface area contributed by atoms with Crippen LogP contribution in [0.25, 0.3) is 0 Å². The first-order chi connectivity index (χ1) is 12.9. The Balaban J connectivity index is 1.48. The zero-order chi connectivity index (χ0) is 19.4. The van der Waals surface area contributed by atoms with E-state index < -0.39 is 24.1 Å². The molecule has 1 aromatic carbocycles. The number of esters is 1. The van der Waals surface area contributed by atoms with E-state index in [1.807, 2.05) is 6.92 Å². The molecule has 1 saturated carbocycles. The van der Waals surface area contributed by atoms with E-state index in [1.165, 1.54) is 0 Å². The van der Waals surface area contributed by atoms with Gasteiger partial charge in [0.2, 0.25) is 0 Å². The number of amides is 3. The van der Waals surface area contributed by atoms with Gasteiger partial charge in [0.15, 0.2) is 0 Å². The molecule has 0 aromatic heterocycles. The number of carbonyl (C=O) groups excluding carboxylic acids is 3. The third-order valence-corrected chi connectivity index (χ3v) is 5.54. The van der Waals surface area contributed by atoms with Crippen molar-refractivity contribution in [2.45, 2.75) is 38.1 Å². The first-order valence-electron chi connectivity index (χ1n) is 9.11. The maximum atomic E-state index is 12.8. The van der Waals surface area contributed by atoms with Crippen molar-refractivity contribution in [3.63, 3.8) is 0 Å². The Morgan fingerprint density at radius 2 is 2.07 bits per heavy atom. The zero-order valence-corrected chi connectivity index (χ0v) is 16.0. The molecular formula is C19H23ClN2O5. The van der Waals surface area contributed by atoms with Gasteiger partial charge in [-0.1, -0.05) is 43.5 Å². The lowest BCUT2D eigenvalue weighted by Gasteiger charge is -2.36. The highest BCUT2D eigenvalue weighted by atomic mass is 35.5. The molecule has 3 amide bonds. The van der Waals surface area contributed by atoms with E-state index in [0.717, 1.165) is 24.2 Å². The molecule has 1 heterocycles. The van der Waals surface area contributed by atoms with Crippen molar-refractivity contribution in [2.24, 2.45) is 5.92 Å². The van der Waals surface area contributed by atoms with Gasteiger partial charge < -0.3 is 14.8 Å². The Morgan fingerprint density at radius 3 is 2.81 bits per heavy atom. The van der Waals surface area contributed by atoms with Crippen LogP contribution in [-0.2, 0) is 14.3 Å². The Kier molecular flexibility index (Phi) is 5.89. The SMILES string of the molecule is C[C@@H]1CCCC[C@]12NC(=O)N(CC(=O)OCCOc1ccccc1Cl)C2=O. The van der Waals surface area contributed by atoms with Crippen molar-refractivity contribution in [1.29, 1.82) is 0 Å². The van der Waals surface area contributed by atoms with Crippen LogP contribution < -0.4 is 10.1 Å². The fourth-order valence-corrected chi connectivity index (χ4v) is 3.87. The molecule has 1 aliphatic carbocycles. The maximum Gasteiger partial charge on any atom is 0.326 e. The molecule has 1 spiro atoms. The smallest absolute Gasteiger partial charge is 0.326 e. The monoisotopic (exact) mass is 394 g/mol. The number of rotatable bonds is 6. The van der Waals surface area contributed by atoms with Crippen LogP contribution in [0.4, 0.5) is 4.79 Å². The number of ether oxygens (including phenoxy) is 2. The van der Waals surface area contributed by atoms with Gasteiger partial charge in [0.1, 0.15) is 31.0 Å². The summed E-state index contributed by atoms with van der Waals surface area (Å²) >= 11 is 5.97. The maximum absolute atomic E-state index is 12.8. The molecule has 27 heavy (non-hydrogen) atoms. The molecule has 7 nitrogen and oxygen atoms in total. The lowest BCUT2D eigenvalue weighted by atomic mass is 9.73. The third kappa shape index (κ3) is 4.03. The van der Waals surface area contributed by atoms with E-state index in [4.69, 9.17) is 21.1 Å². The van der Waals surface area contributed by atoms with Crippen LogP contribution in [0.5, 0.6) is 5.75 Å². The van der Waals surface area contributed by atoms with E-state index in [9.17, 15) is 14.4 Å². The molecule has 1 aliphatic heterocycles. The normalized spacial score (nSPS) is 24.8. The van der Waals surface area contributed by atoms with Crippen LogP contribution in [-0.4, -0.2) is 48.1 Å². The van der Waals surface area contributed by atoms with Gasteiger partial charge >= 0.3 is 12.0 Å². The van der Waals surface area contributed by atoms with Crippen molar-refractivity contribution < 1.29 is 23.9 Å². The summed E-state index contributed by atoms with van der Waals surface area (Å²) in [5, 5.41) is 3.28. The zero-order valence-electron chi connectivity index (χ0n) is 15.2. The molecule has 8 heteroatoms. The molecular weight excluding hydrogens is 372 g/mol. The van der Waals surface area contributed by atoms with Gasteiger partial charge in [0.05, 0.1) is 5.02 Å². The van der Waals surface area contributed by atoms with E-state index in [2.05, 4.69) is 5.32 Å². The molecule has 2 fully saturated rings. The molecule has 2 aliphatic rings. The molecule has 1 aromatic rings. The van der Waals surface area contributed by atoms with Crippen LogP contribution in [0.1, 0.15) is 32.6 Å². The summed E-state index contributed by atoms with van der Waals surface area (Å²) in [7, 11) is 0. The second-order valence-corrected chi connectivity index (χ2v) is 7.35. The second kappa shape index (κ2) is 8.17. The number of benzene rings is 1. The molecule has 1 N–H and O–H groups in total. The van der Waals surface area contributed by atoms with Crippen LogP contribution in [0.2, 0.25) is 5.02 Å². The first-order valence-corrected chi connectivity index (χ1v) is 9.49. The van der Waals surface area contributed by atoms with E-state index in [0.29, 0.717) is 17.2 Å². The van der Waals surface area contributed by atoms with Gasteiger partial charge in [-0.05, 0) is 30.9 Å². The van der Waals surface area contributed by atoms with Crippen molar-refractivity contribution in [3.05, 3.63) is 29.3 Å². The lowest BCUT2D eigenvalue weighted by Crippen LogP contribution is -2.54. The van der Waals surface area contributed by atoms with E-state index in [1.54, 1.807) is 24.3 Å². The first kappa shape index (κ1) is 19.5. The number of halogens is 1. The van der Waals surface area contributed by atoms with Gasteiger partial charge in [-0.2, -0.15) is 0 Å². The highest BCUT2D eigenvalue weighted by Crippen LogP contribution is 2.38. The average molecular weight is 395 g/mol. The standard InChI is InChI=1S/C19H23ClN2O5/c1-13-6-4-5-9-19(13)17(24)22(18(25)21-19)12-16(23)27-11-10-26-15-8-3-2-7-14(15)20/h2-3,7-8,13H,4-6,9-12H2,1H3,(H,21,25)/t13-,19+/m1/s1. The Bertz CT molecular complexity index is 741. The molecule has 0 bridgehead atoms. The summed E-state index contributed by atoms with van der Waals surface area (Å²) in [6.07, 6.45) is 3.41. The largest absolute Gasteiger partial charge is 0.488 e. The number of nitrogens with zero attached hydrogens (tertiary/aromatic N) is 1. The van der Waals surface area contributed by atoms with Crippen LogP contribution in [0, 0.1) is 5.92 Å².